The van der Waals surface area contributed by atoms with Crippen LogP contribution in [-0.4, -0.2) is 0 Å². The van der Waals surface area contributed by atoms with Gasteiger partial charge < -0.3 is 9.80 Å². The first kappa shape index (κ1) is 51.3. The smallest absolute Gasteiger partial charge is 0.0517 e. The van der Waals surface area contributed by atoms with Crippen molar-refractivity contribution >= 4 is 129 Å². The van der Waals surface area contributed by atoms with Crippen LogP contribution in [0, 0.1) is 0 Å². The molecule has 2 nitrogen and oxygen atoms in total. The van der Waals surface area contributed by atoms with Crippen LogP contribution in [0.5, 0.6) is 0 Å². The Bertz CT molecular complexity index is 4900. The summed E-state index contributed by atoms with van der Waals surface area (Å²) in [4.78, 5) is 5.15. The molecule has 0 saturated carbocycles. The van der Waals surface area contributed by atoms with Crippen molar-refractivity contribution in [1.82, 2.24) is 0 Å². The van der Waals surface area contributed by atoms with E-state index in [4.69, 9.17) is 0 Å². The topological polar surface area (TPSA) is 6.48 Å². The molecule has 0 N–H and O–H groups in total. The Morgan fingerprint density at radius 2 is 0.867 bits per heavy atom. The van der Waals surface area contributed by atoms with Crippen molar-refractivity contribution in [3.63, 3.8) is 0 Å². The van der Waals surface area contributed by atoms with E-state index in [-0.39, 0.29) is 5.41 Å². The highest BCUT2D eigenvalue weighted by Gasteiger charge is 2.38. The molecule has 404 valence electrons. The lowest BCUT2D eigenvalue weighted by Crippen LogP contribution is -2.30. The molecule has 0 unspecified atom stereocenters. The van der Waals surface area contributed by atoms with Crippen LogP contribution < -0.4 is 9.80 Å². The molecule has 0 amide bonds. The van der Waals surface area contributed by atoms with E-state index in [1.165, 1.54) is 151 Å². The van der Waals surface area contributed by atoms with Gasteiger partial charge in [0.25, 0.3) is 0 Å². The number of anilines is 6. The molecule has 0 bridgehead atoms. The first-order valence-corrected chi connectivity index (χ1v) is 31.4. The maximum Gasteiger partial charge on any atom is 0.0517 e. The molecule has 12 aromatic carbocycles. The van der Waals surface area contributed by atoms with Gasteiger partial charge in [-0.2, -0.15) is 0 Å². The number of rotatable bonds is 10. The van der Waals surface area contributed by atoms with Gasteiger partial charge in [0.1, 0.15) is 0 Å². The van der Waals surface area contributed by atoms with Crippen LogP contribution in [0.15, 0.2) is 218 Å². The van der Waals surface area contributed by atoms with Crippen molar-refractivity contribution in [1.29, 1.82) is 0 Å². The van der Waals surface area contributed by atoms with Crippen LogP contribution in [0.2, 0.25) is 0 Å². The van der Waals surface area contributed by atoms with Gasteiger partial charge in [-0.05, 0) is 198 Å². The van der Waals surface area contributed by atoms with Crippen LogP contribution in [0.3, 0.4) is 0 Å². The van der Waals surface area contributed by atoms with Gasteiger partial charge >= 0.3 is 0 Å². The monoisotopic (exact) mass is 1110 g/mol. The van der Waals surface area contributed by atoms with Crippen LogP contribution in [-0.2, 0) is 18.3 Å². The van der Waals surface area contributed by atoms with E-state index in [2.05, 4.69) is 284 Å². The largest absolute Gasteiger partial charge is 0.310 e. The summed E-state index contributed by atoms with van der Waals surface area (Å²) < 4.78 is 5.27. The Balaban J connectivity index is 0.921. The van der Waals surface area contributed by atoms with Crippen molar-refractivity contribution in [2.45, 2.75) is 85.5 Å². The summed E-state index contributed by atoms with van der Waals surface area (Å²) in [5.41, 5.74) is 20.0. The first-order valence-electron chi connectivity index (χ1n) is 29.8. The molecule has 3 heterocycles. The molecule has 1 aliphatic heterocycles. The number of nitrogens with zero attached hydrogens (tertiary/aromatic N) is 2. The fourth-order valence-electron chi connectivity index (χ4n) is 13.7. The fourth-order valence-corrected chi connectivity index (χ4v) is 16.0. The Morgan fingerprint density at radius 1 is 0.373 bits per heavy atom. The molecule has 83 heavy (non-hydrogen) atoms. The van der Waals surface area contributed by atoms with Gasteiger partial charge in [0.05, 0.1) is 17.1 Å². The third-order valence-electron chi connectivity index (χ3n) is 18.4. The molecule has 0 aliphatic carbocycles. The Labute approximate surface area is 495 Å². The Hall–Kier alpha value is -8.54. The maximum absolute atomic E-state index is 2.58. The lowest BCUT2D eigenvalue weighted by atomic mass is 9.72. The van der Waals surface area contributed by atoms with Gasteiger partial charge in [0.2, 0.25) is 0 Å². The maximum atomic E-state index is 2.58. The second-order valence-electron chi connectivity index (χ2n) is 24.2. The predicted molar refractivity (Wildman–Crippen MR) is 364 cm³/mol. The molecule has 4 heteroatoms. The molecule has 15 rings (SSSR count). The number of benzene rings is 12. The summed E-state index contributed by atoms with van der Waals surface area (Å²) >= 11 is 3.79. The SMILES string of the molecule is CCc1cc(-c2ccc(C(C)C)cc2)ccc1N(c1ccc2c3ccc(N4c5ccc(-c6ccc(C(C)C)cc6)cc5C(C)(C)c5cc6c(cc54)sc4ccccc46)cc3c3ccccc3c2c1)c1cc2sc3ccccc3c2cc1CC. The van der Waals surface area contributed by atoms with Crippen molar-refractivity contribution < 1.29 is 0 Å². The van der Waals surface area contributed by atoms with Crippen LogP contribution in [0.25, 0.3) is 94.9 Å². The molecule has 0 atom stereocenters. The summed E-state index contributed by atoms with van der Waals surface area (Å²) in [6.45, 7) is 18.6. The van der Waals surface area contributed by atoms with Gasteiger partial charge in [0, 0.05) is 62.8 Å². The summed E-state index contributed by atoms with van der Waals surface area (Å²) in [5, 5.41) is 12.8. The average Bonchev–Trinajstić information content (AvgIpc) is 3.75. The zero-order valence-electron chi connectivity index (χ0n) is 48.6. The standard InChI is InChI=1S/C79H66N2S2/c1-9-49-39-55(53-27-23-51(24-28-53)47(3)4)31-37-71(49)80(73-45-77-67(40-50(73)10-2)63-19-13-15-21-75(63)82-77)57-33-35-61-62-36-34-58(43-66(62)60-18-12-11-17-59(60)65(61)42-57)81-72-38-32-56(54-29-25-52(26-30-54)48(5)6)41-69(72)79(7,8)70-44-68-64-20-14-16-22-76(64)83-78(68)46-74(70)81/h11-48H,9-10H2,1-8H3. The molecule has 0 radical (unpaired) electrons. The fraction of sp³-hybridized carbons (Fsp3) is 0.165. The lowest BCUT2D eigenvalue weighted by molar-refractivity contribution is 0.633. The zero-order chi connectivity index (χ0) is 56.4. The third-order valence-corrected chi connectivity index (χ3v) is 20.6. The quantitative estimate of drug-likeness (QED) is 0.126. The number of hydrogen-bond acceptors (Lipinski definition) is 4. The molecule has 2 aromatic heterocycles. The number of fused-ring (bicyclic) bond motifs is 14. The van der Waals surface area contributed by atoms with Gasteiger partial charge in [-0.3, -0.25) is 0 Å². The summed E-state index contributed by atoms with van der Waals surface area (Å²) in [5.74, 6) is 0.973. The van der Waals surface area contributed by atoms with Crippen LogP contribution >= 0.6 is 22.7 Å². The number of aryl methyl sites for hydroxylation is 2. The van der Waals surface area contributed by atoms with E-state index >= 15 is 0 Å². The second kappa shape index (κ2) is 19.8. The number of thiophene rings is 2. The van der Waals surface area contributed by atoms with Gasteiger partial charge in [0.15, 0.2) is 0 Å². The van der Waals surface area contributed by atoms with Crippen molar-refractivity contribution in [3.05, 3.63) is 252 Å². The summed E-state index contributed by atoms with van der Waals surface area (Å²) in [7, 11) is 0. The van der Waals surface area contributed by atoms with Gasteiger partial charge in [-0.15, -0.1) is 22.7 Å². The van der Waals surface area contributed by atoms with E-state index in [1.54, 1.807) is 0 Å². The van der Waals surface area contributed by atoms with Crippen molar-refractivity contribution in [2.75, 3.05) is 9.80 Å². The first-order chi connectivity index (χ1) is 40.4. The zero-order valence-corrected chi connectivity index (χ0v) is 50.2. The molecule has 0 saturated heterocycles. The Morgan fingerprint density at radius 3 is 1.48 bits per heavy atom. The molecule has 1 aliphatic rings. The predicted octanol–water partition coefficient (Wildman–Crippen LogP) is 24.2. The summed E-state index contributed by atoms with van der Waals surface area (Å²) in [6, 6.07) is 84.2. The Kier molecular flexibility index (Phi) is 12.3. The second-order valence-corrected chi connectivity index (χ2v) is 26.3. The van der Waals surface area contributed by atoms with E-state index in [0.717, 1.165) is 24.2 Å². The average molecular weight is 1110 g/mol. The van der Waals surface area contributed by atoms with E-state index in [9.17, 15) is 0 Å². The normalized spacial score (nSPS) is 13.2. The van der Waals surface area contributed by atoms with Crippen LogP contribution in [0.1, 0.15) is 101 Å². The molecular formula is C79H66N2S2. The molecule has 0 spiro atoms. The minimum atomic E-state index is -0.279. The van der Waals surface area contributed by atoms with E-state index < -0.39 is 0 Å². The summed E-state index contributed by atoms with van der Waals surface area (Å²) in [6.07, 6.45) is 1.80. The molecule has 0 fully saturated rings. The van der Waals surface area contributed by atoms with Gasteiger partial charge in [-0.1, -0.05) is 189 Å². The highest BCUT2D eigenvalue weighted by molar-refractivity contribution is 7.26. The van der Waals surface area contributed by atoms with Crippen molar-refractivity contribution in [3.8, 4) is 22.3 Å². The highest BCUT2D eigenvalue weighted by Crippen LogP contribution is 2.56. The van der Waals surface area contributed by atoms with E-state index in [1.807, 2.05) is 22.7 Å². The lowest BCUT2D eigenvalue weighted by Gasteiger charge is -2.42. The highest BCUT2D eigenvalue weighted by atomic mass is 32.1. The minimum absolute atomic E-state index is 0.279. The van der Waals surface area contributed by atoms with Crippen LogP contribution in [0.4, 0.5) is 34.1 Å². The van der Waals surface area contributed by atoms with Gasteiger partial charge in [-0.25, -0.2) is 0 Å². The molecule has 14 aromatic rings. The third kappa shape index (κ3) is 8.31. The van der Waals surface area contributed by atoms with Crippen molar-refractivity contribution in [2.24, 2.45) is 0 Å². The van der Waals surface area contributed by atoms with E-state index in [0.29, 0.717) is 11.8 Å². The minimum Gasteiger partial charge on any atom is -0.310 e. The number of hydrogen-bond donors (Lipinski definition) is 0. The molecular weight excluding hydrogens is 1040 g/mol.